The van der Waals surface area contributed by atoms with Crippen LogP contribution >= 0.6 is 11.6 Å². The van der Waals surface area contributed by atoms with E-state index in [1.165, 1.54) is 54.6 Å². The predicted octanol–water partition coefficient (Wildman–Crippen LogP) is 9.32. The number of aryl methyl sites for hydroxylation is 1. The molecular formula is C45H58ClN3O5. The van der Waals surface area contributed by atoms with Crippen molar-refractivity contribution in [3.63, 3.8) is 0 Å². The summed E-state index contributed by atoms with van der Waals surface area (Å²) in [6.07, 6.45) is 12.3. The minimum absolute atomic E-state index is 0.169. The van der Waals surface area contributed by atoms with Gasteiger partial charge in [0, 0.05) is 47.2 Å². The van der Waals surface area contributed by atoms with Crippen LogP contribution in [0.4, 0.5) is 5.69 Å². The van der Waals surface area contributed by atoms with E-state index in [1.807, 2.05) is 36.5 Å². The van der Waals surface area contributed by atoms with Gasteiger partial charge in [-0.05, 0) is 147 Å². The van der Waals surface area contributed by atoms with Gasteiger partial charge < -0.3 is 29.5 Å². The molecule has 1 spiro atoms. The Balaban J connectivity index is 1.03. The van der Waals surface area contributed by atoms with Crippen molar-refractivity contribution in [2.75, 3.05) is 44.8 Å². The molecule has 54 heavy (non-hydrogen) atoms. The molecule has 0 radical (unpaired) electrons. The SMILES string of the molecule is CCC1CCN(CC2COc3cc4c(cc3OC2)C2(CCC(Nc3cccc(Cl)c3)(C(=O)O)CC2)C(C[C@@H](C)COc2ccnc3c2[C@H](C)CCC3)C4)C1. The number of aliphatic carboxylic acids is 1. The Bertz CT molecular complexity index is 1820. The molecular weight excluding hydrogens is 698 g/mol. The highest BCUT2D eigenvalue weighted by molar-refractivity contribution is 6.30. The molecule has 3 unspecified atom stereocenters. The maximum atomic E-state index is 13.1. The molecule has 2 fully saturated rings. The number of benzene rings is 2. The molecule has 1 saturated heterocycles. The number of carbonyl (C=O) groups is 1. The van der Waals surface area contributed by atoms with Gasteiger partial charge >= 0.3 is 5.97 Å². The number of anilines is 1. The summed E-state index contributed by atoms with van der Waals surface area (Å²) in [5.74, 6) is 4.11. The van der Waals surface area contributed by atoms with E-state index in [4.69, 9.17) is 30.8 Å². The first-order chi connectivity index (χ1) is 26.1. The first-order valence-electron chi connectivity index (χ1n) is 20.7. The third-order valence-corrected chi connectivity index (χ3v) is 14.0. The second kappa shape index (κ2) is 15.6. The predicted molar refractivity (Wildman–Crippen MR) is 213 cm³/mol. The van der Waals surface area contributed by atoms with Crippen LogP contribution in [0.15, 0.2) is 48.7 Å². The van der Waals surface area contributed by atoms with Gasteiger partial charge in [-0.2, -0.15) is 0 Å². The van der Waals surface area contributed by atoms with Gasteiger partial charge in [-0.15, -0.1) is 0 Å². The third kappa shape index (κ3) is 7.42. The molecule has 3 aromatic rings. The molecule has 0 amide bonds. The summed E-state index contributed by atoms with van der Waals surface area (Å²) in [6, 6.07) is 14.0. The summed E-state index contributed by atoms with van der Waals surface area (Å²) in [6.45, 7) is 12.2. The molecule has 8 rings (SSSR count). The van der Waals surface area contributed by atoms with Crippen LogP contribution in [0.1, 0.15) is 107 Å². The molecule has 2 N–H and O–H groups in total. The van der Waals surface area contributed by atoms with Gasteiger partial charge in [0.15, 0.2) is 11.5 Å². The number of aromatic nitrogens is 1. The summed E-state index contributed by atoms with van der Waals surface area (Å²) in [5.41, 5.74) is 4.63. The quantitative estimate of drug-likeness (QED) is 0.200. The highest BCUT2D eigenvalue weighted by atomic mass is 35.5. The summed E-state index contributed by atoms with van der Waals surface area (Å²) >= 11 is 6.32. The molecule has 5 atom stereocenters. The number of pyridine rings is 1. The highest BCUT2D eigenvalue weighted by Gasteiger charge is 2.54. The molecule has 1 saturated carbocycles. The Labute approximate surface area is 326 Å². The van der Waals surface area contributed by atoms with E-state index < -0.39 is 11.5 Å². The Kier molecular flexibility index (Phi) is 10.8. The number of rotatable bonds is 11. The molecule has 3 heterocycles. The number of hydrogen-bond donors (Lipinski definition) is 2. The average molecular weight is 756 g/mol. The number of likely N-dealkylation sites (tertiary alicyclic amines) is 1. The zero-order valence-electron chi connectivity index (χ0n) is 32.4. The standard InChI is InChI=1S/C45H58ClN3O5/c1-4-31-12-18-49(24-31)25-32-27-53-40-21-33-20-34(19-29(2)26-52-39-11-17-47-38-10-5-7-30(3)42(38)39)44(37(33)23-41(40)54-28-32)13-15-45(16-14-44,43(50)51)48-36-9-6-8-35(46)22-36/h6,8-9,11,17,21-23,29-32,34,48H,4-5,7,10,12-16,18-20,24-28H2,1-3H3,(H,50,51)/t29-,30-,31?,32?,34?,44?,45?/m1/s1. The Morgan fingerprint density at radius 3 is 2.63 bits per heavy atom. The monoisotopic (exact) mass is 755 g/mol. The van der Waals surface area contributed by atoms with Crippen molar-refractivity contribution >= 4 is 23.3 Å². The summed E-state index contributed by atoms with van der Waals surface area (Å²) in [7, 11) is 0. The van der Waals surface area contributed by atoms with Crippen LogP contribution in [0.3, 0.4) is 0 Å². The molecule has 2 aromatic carbocycles. The van der Waals surface area contributed by atoms with Gasteiger partial charge in [-0.1, -0.05) is 44.9 Å². The normalized spacial score (nSPS) is 29.6. The van der Waals surface area contributed by atoms with Crippen LogP contribution in [0.2, 0.25) is 5.02 Å². The zero-order chi connectivity index (χ0) is 37.5. The van der Waals surface area contributed by atoms with Crippen molar-refractivity contribution in [2.24, 2.45) is 23.7 Å². The summed E-state index contributed by atoms with van der Waals surface area (Å²) in [5, 5.41) is 14.7. The second-order valence-electron chi connectivity index (χ2n) is 17.5. The molecule has 1 aromatic heterocycles. The maximum absolute atomic E-state index is 13.1. The highest BCUT2D eigenvalue weighted by Crippen LogP contribution is 2.58. The van der Waals surface area contributed by atoms with Gasteiger partial charge in [0.2, 0.25) is 0 Å². The van der Waals surface area contributed by atoms with Crippen LogP contribution < -0.4 is 19.5 Å². The average Bonchev–Trinajstić information content (AvgIpc) is 3.67. The van der Waals surface area contributed by atoms with Gasteiger partial charge in [-0.25, -0.2) is 4.79 Å². The first kappa shape index (κ1) is 37.4. The number of hydrogen-bond acceptors (Lipinski definition) is 7. The van der Waals surface area contributed by atoms with Gasteiger partial charge in [-0.3, -0.25) is 4.98 Å². The van der Waals surface area contributed by atoms with Crippen molar-refractivity contribution in [2.45, 2.75) is 108 Å². The second-order valence-corrected chi connectivity index (χ2v) is 17.9. The van der Waals surface area contributed by atoms with Crippen LogP contribution in [-0.2, 0) is 23.1 Å². The smallest absolute Gasteiger partial charge is 0.329 e. The third-order valence-electron chi connectivity index (χ3n) is 13.8. The molecule has 290 valence electrons. The van der Waals surface area contributed by atoms with Crippen LogP contribution in [0.5, 0.6) is 17.2 Å². The fraction of sp³-hybridized carbons (Fsp3) is 0.600. The van der Waals surface area contributed by atoms with E-state index in [0.717, 1.165) is 74.0 Å². The van der Waals surface area contributed by atoms with E-state index in [0.29, 0.717) is 61.4 Å². The lowest BCUT2D eigenvalue weighted by atomic mass is 9.59. The van der Waals surface area contributed by atoms with E-state index in [1.54, 1.807) is 0 Å². The van der Waals surface area contributed by atoms with Crippen molar-refractivity contribution in [1.82, 2.24) is 9.88 Å². The van der Waals surface area contributed by atoms with Crippen molar-refractivity contribution in [1.29, 1.82) is 0 Å². The minimum Gasteiger partial charge on any atom is -0.493 e. The molecule has 3 aliphatic carbocycles. The van der Waals surface area contributed by atoms with Crippen LogP contribution in [0, 0.1) is 23.7 Å². The number of nitrogens with zero attached hydrogens (tertiary/aromatic N) is 2. The lowest BCUT2D eigenvalue weighted by molar-refractivity contribution is -0.144. The van der Waals surface area contributed by atoms with Crippen molar-refractivity contribution in [3.05, 3.63) is 76.1 Å². The molecule has 2 aliphatic heterocycles. The number of carboxylic acids is 1. The molecule has 8 nitrogen and oxygen atoms in total. The van der Waals surface area contributed by atoms with Crippen LogP contribution in [-0.4, -0.2) is 66.0 Å². The molecule has 9 heteroatoms. The lowest BCUT2D eigenvalue weighted by Crippen LogP contribution is -2.53. The minimum atomic E-state index is -1.07. The van der Waals surface area contributed by atoms with Gasteiger partial charge in [0.25, 0.3) is 0 Å². The lowest BCUT2D eigenvalue weighted by Gasteiger charge is -2.47. The number of carboxylic acid groups (broad SMARTS) is 1. The van der Waals surface area contributed by atoms with Crippen molar-refractivity contribution < 1.29 is 24.1 Å². The van der Waals surface area contributed by atoms with Gasteiger partial charge in [0.05, 0.1) is 19.8 Å². The molecule has 5 aliphatic rings. The fourth-order valence-corrected chi connectivity index (χ4v) is 10.9. The van der Waals surface area contributed by atoms with E-state index >= 15 is 0 Å². The summed E-state index contributed by atoms with van der Waals surface area (Å²) < 4.78 is 19.8. The Hall–Kier alpha value is -3.49. The van der Waals surface area contributed by atoms with Crippen LogP contribution in [0.25, 0.3) is 0 Å². The summed E-state index contributed by atoms with van der Waals surface area (Å²) in [4.78, 5) is 20.4. The number of ether oxygens (including phenoxy) is 3. The van der Waals surface area contributed by atoms with E-state index in [9.17, 15) is 9.90 Å². The van der Waals surface area contributed by atoms with Gasteiger partial charge in [0.1, 0.15) is 11.3 Å². The fourth-order valence-electron chi connectivity index (χ4n) is 10.7. The molecule has 0 bridgehead atoms. The largest absolute Gasteiger partial charge is 0.493 e. The van der Waals surface area contributed by atoms with E-state index in [2.05, 4.69) is 43.1 Å². The van der Waals surface area contributed by atoms with Crippen molar-refractivity contribution in [3.8, 4) is 17.2 Å². The number of halogens is 1. The number of nitrogens with one attached hydrogen (secondary N) is 1. The Morgan fingerprint density at radius 2 is 1.89 bits per heavy atom. The first-order valence-corrected chi connectivity index (χ1v) is 21.1. The maximum Gasteiger partial charge on any atom is 0.329 e. The van der Waals surface area contributed by atoms with E-state index in [-0.39, 0.29) is 5.41 Å². The topological polar surface area (TPSA) is 93.2 Å². The Morgan fingerprint density at radius 1 is 1.09 bits per heavy atom. The zero-order valence-corrected chi connectivity index (χ0v) is 33.1. The number of fused-ring (bicyclic) bond motifs is 4.